The summed E-state index contributed by atoms with van der Waals surface area (Å²) in [6.07, 6.45) is 7.65. The van der Waals surface area contributed by atoms with Gasteiger partial charge < -0.3 is 4.74 Å². The molecule has 0 aliphatic heterocycles. The molecule has 4 aliphatic carbocycles. The molecule has 4 saturated carbocycles. The fourth-order valence-corrected chi connectivity index (χ4v) is 5.06. The molecule has 19 heavy (non-hydrogen) atoms. The van der Waals surface area contributed by atoms with E-state index in [4.69, 9.17) is 4.74 Å². The molecular weight excluding hydrogens is 236 g/mol. The highest BCUT2D eigenvalue weighted by atomic mass is 16.5. The molecule has 4 rings (SSSR count). The second kappa shape index (κ2) is 4.23. The average Bonchev–Trinajstić information content (AvgIpc) is 2.32. The SMILES string of the molecule is CCC(C)(C)C(=O)OC1C2CC3CC(C2)CC1(C)C3. The number of hydrogen-bond donors (Lipinski definition) is 0. The first kappa shape index (κ1) is 13.5. The molecule has 0 aromatic carbocycles. The summed E-state index contributed by atoms with van der Waals surface area (Å²) >= 11 is 0. The van der Waals surface area contributed by atoms with Crippen molar-refractivity contribution in [3.63, 3.8) is 0 Å². The monoisotopic (exact) mass is 264 g/mol. The fourth-order valence-electron chi connectivity index (χ4n) is 5.06. The van der Waals surface area contributed by atoms with Gasteiger partial charge >= 0.3 is 5.97 Å². The first-order valence-electron chi connectivity index (χ1n) is 8.05. The van der Waals surface area contributed by atoms with E-state index in [2.05, 4.69) is 13.8 Å². The van der Waals surface area contributed by atoms with Crippen LogP contribution in [0.2, 0.25) is 0 Å². The lowest BCUT2D eigenvalue weighted by molar-refractivity contribution is -0.198. The number of carbonyl (C=O) groups excluding carboxylic acids is 1. The maximum atomic E-state index is 12.4. The Morgan fingerprint density at radius 2 is 1.79 bits per heavy atom. The minimum Gasteiger partial charge on any atom is -0.461 e. The predicted molar refractivity (Wildman–Crippen MR) is 75.6 cm³/mol. The van der Waals surface area contributed by atoms with Crippen LogP contribution in [-0.2, 0) is 9.53 Å². The summed E-state index contributed by atoms with van der Waals surface area (Å²) in [6.45, 7) is 8.45. The molecule has 3 atom stereocenters. The molecule has 0 spiro atoms. The highest BCUT2D eigenvalue weighted by molar-refractivity contribution is 5.76. The minimum atomic E-state index is -0.328. The van der Waals surface area contributed by atoms with Gasteiger partial charge in [-0.15, -0.1) is 0 Å². The first-order valence-corrected chi connectivity index (χ1v) is 8.05. The highest BCUT2D eigenvalue weighted by Crippen LogP contribution is 2.60. The van der Waals surface area contributed by atoms with Crippen molar-refractivity contribution in [3.8, 4) is 0 Å². The van der Waals surface area contributed by atoms with Crippen molar-refractivity contribution in [3.05, 3.63) is 0 Å². The second-order valence-corrected chi connectivity index (χ2v) is 8.32. The molecule has 3 unspecified atom stereocenters. The Balaban J connectivity index is 1.76. The van der Waals surface area contributed by atoms with Gasteiger partial charge in [0.1, 0.15) is 6.10 Å². The molecule has 2 nitrogen and oxygen atoms in total. The van der Waals surface area contributed by atoms with Gasteiger partial charge in [-0.25, -0.2) is 0 Å². The largest absolute Gasteiger partial charge is 0.461 e. The van der Waals surface area contributed by atoms with Gasteiger partial charge in [0.2, 0.25) is 0 Å². The third-order valence-corrected chi connectivity index (χ3v) is 6.23. The van der Waals surface area contributed by atoms with Gasteiger partial charge in [0.15, 0.2) is 0 Å². The summed E-state index contributed by atoms with van der Waals surface area (Å²) < 4.78 is 6.05. The summed E-state index contributed by atoms with van der Waals surface area (Å²) in [5.74, 6) is 2.50. The van der Waals surface area contributed by atoms with E-state index in [0.717, 1.165) is 18.3 Å². The van der Waals surface area contributed by atoms with Crippen LogP contribution in [0, 0.1) is 28.6 Å². The van der Waals surface area contributed by atoms with Crippen LogP contribution in [0.5, 0.6) is 0 Å². The highest BCUT2D eigenvalue weighted by Gasteiger charge is 2.56. The first-order chi connectivity index (χ1) is 8.84. The van der Waals surface area contributed by atoms with E-state index in [0.29, 0.717) is 5.92 Å². The van der Waals surface area contributed by atoms with Crippen LogP contribution in [0.25, 0.3) is 0 Å². The van der Waals surface area contributed by atoms with Crippen LogP contribution in [0.3, 0.4) is 0 Å². The second-order valence-electron chi connectivity index (χ2n) is 8.32. The third-order valence-electron chi connectivity index (χ3n) is 6.23. The third kappa shape index (κ3) is 2.11. The van der Waals surface area contributed by atoms with Gasteiger partial charge in [0.25, 0.3) is 0 Å². The Morgan fingerprint density at radius 3 is 2.26 bits per heavy atom. The summed E-state index contributed by atoms with van der Waals surface area (Å²) in [5.41, 5.74) is -0.0563. The van der Waals surface area contributed by atoms with E-state index in [1.54, 1.807) is 0 Å². The summed E-state index contributed by atoms with van der Waals surface area (Å²) in [4.78, 5) is 12.4. The van der Waals surface area contributed by atoms with E-state index in [1.165, 1.54) is 32.1 Å². The lowest BCUT2D eigenvalue weighted by Crippen LogP contribution is -2.56. The number of rotatable bonds is 3. The zero-order valence-corrected chi connectivity index (χ0v) is 12.9. The number of ether oxygens (including phenoxy) is 1. The van der Waals surface area contributed by atoms with Crippen LogP contribution in [0.15, 0.2) is 0 Å². The molecule has 2 heteroatoms. The number of carbonyl (C=O) groups is 1. The van der Waals surface area contributed by atoms with E-state index in [9.17, 15) is 4.79 Å². The van der Waals surface area contributed by atoms with Crippen molar-refractivity contribution in [2.45, 2.75) is 72.3 Å². The van der Waals surface area contributed by atoms with Crippen molar-refractivity contribution in [2.24, 2.45) is 28.6 Å². The Labute approximate surface area is 117 Å². The lowest BCUT2D eigenvalue weighted by atomic mass is 9.49. The molecule has 0 radical (unpaired) electrons. The standard InChI is InChI=1S/C17H28O2/c1-5-16(2,3)15(18)19-14-13-7-11-6-12(8-13)10-17(14,4)9-11/h11-14H,5-10H2,1-4H3. The quantitative estimate of drug-likeness (QED) is 0.715. The van der Waals surface area contributed by atoms with Crippen LogP contribution < -0.4 is 0 Å². The van der Waals surface area contributed by atoms with Gasteiger partial charge in [-0.05, 0) is 70.1 Å². The lowest BCUT2D eigenvalue weighted by Gasteiger charge is -2.59. The zero-order valence-electron chi connectivity index (χ0n) is 12.9. The van der Waals surface area contributed by atoms with E-state index < -0.39 is 0 Å². The molecule has 0 saturated heterocycles. The minimum absolute atomic E-state index is 0.0219. The normalized spacial score (nSPS) is 44.4. The molecular formula is C17H28O2. The summed E-state index contributed by atoms with van der Waals surface area (Å²) in [7, 11) is 0. The van der Waals surface area contributed by atoms with E-state index in [1.807, 2.05) is 13.8 Å². The summed E-state index contributed by atoms with van der Waals surface area (Å²) in [6, 6.07) is 0. The Bertz CT molecular complexity index is 371. The molecule has 4 fully saturated rings. The van der Waals surface area contributed by atoms with Crippen LogP contribution in [0.1, 0.15) is 66.2 Å². The molecule has 0 aromatic rings. The van der Waals surface area contributed by atoms with Gasteiger partial charge in [0.05, 0.1) is 5.41 Å². The number of esters is 1. The summed E-state index contributed by atoms with van der Waals surface area (Å²) in [5, 5.41) is 0. The Hall–Kier alpha value is -0.530. The van der Waals surface area contributed by atoms with Gasteiger partial charge in [-0.3, -0.25) is 4.79 Å². The fraction of sp³-hybridized carbons (Fsp3) is 0.941. The van der Waals surface area contributed by atoms with Gasteiger partial charge in [0, 0.05) is 5.41 Å². The van der Waals surface area contributed by atoms with Crippen molar-refractivity contribution in [1.82, 2.24) is 0 Å². The van der Waals surface area contributed by atoms with Crippen molar-refractivity contribution < 1.29 is 9.53 Å². The molecule has 4 bridgehead atoms. The topological polar surface area (TPSA) is 26.3 Å². The molecule has 0 amide bonds. The van der Waals surface area contributed by atoms with Crippen molar-refractivity contribution in [2.75, 3.05) is 0 Å². The van der Waals surface area contributed by atoms with Gasteiger partial charge in [-0.2, -0.15) is 0 Å². The van der Waals surface area contributed by atoms with Gasteiger partial charge in [-0.1, -0.05) is 13.8 Å². The molecule has 4 aliphatic rings. The predicted octanol–water partition coefficient (Wildman–Crippen LogP) is 4.18. The Morgan fingerprint density at radius 1 is 1.21 bits per heavy atom. The van der Waals surface area contributed by atoms with Crippen LogP contribution >= 0.6 is 0 Å². The van der Waals surface area contributed by atoms with Crippen LogP contribution in [0.4, 0.5) is 0 Å². The van der Waals surface area contributed by atoms with E-state index >= 15 is 0 Å². The van der Waals surface area contributed by atoms with Crippen molar-refractivity contribution in [1.29, 1.82) is 0 Å². The smallest absolute Gasteiger partial charge is 0.311 e. The zero-order chi connectivity index (χ0) is 13.8. The van der Waals surface area contributed by atoms with E-state index in [-0.39, 0.29) is 22.9 Å². The number of hydrogen-bond acceptors (Lipinski definition) is 2. The Kier molecular flexibility index (Phi) is 3.00. The molecule has 0 heterocycles. The molecule has 0 N–H and O–H groups in total. The molecule has 108 valence electrons. The van der Waals surface area contributed by atoms with Crippen molar-refractivity contribution >= 4 is 5.97 Å². The average molecular weight is 264 g/mol. The molecule has 0 aromatic heterocycles. The maximum absolute atomic E-state index is 12.4. The maximum Gasteiger partial charge on any atom is 0.311 e. The van der Waals surface area contributed by atoms with Crippen LogP contribution in [-0.4, -0.2) is 12.1 Å².